The van der Waals surface area contributed by atoms with E-state index in [1.165, 1.54) is 6.92 Å². The molecule has 1 rings (SSSR count). The average molecular weight is 238 g/mol. The van der Waals surface area contributed by atoms with Gasteiger partial charge in [-0.2, -0.15) is 8.42 Å². The smallest absolute Gasteiger partial charge is 0.267 e. The first-order chi connectivity index (χ1) is 7.50. The lowest BCUT2D eigenvalue weighted by Gasteiger charge is -2.03. The van der Waals surface area contributed by atoms with Gasteiger partial charge in [0.15, 0.2) is 0 Å². The lowest BCUT2D eigenvalue weighted by molar-refractivity contribution is 0.467. The zero-order chi connectivity index (χ0) is 12.0. The predicted molar refractivity (Wildman–Crippen MR) is 63.6 cm³/mol. The molecule has 3 nitrogen and oxygen atoms in total. The summed E-state index contributed by atoms with van der Waals surface area (Å²) in [4.78, 5) is 0. The van der Waals surface area contributed by atoms with Crippen LogP contribution >= 0.6 is 0 Å². The van der Waals surface area contributed by atoms with Crippen LogP contribution in [0, 0.1) is 11.8 Å². The molecule has 0 heterocycles. The fraction of sp³-hybridized carbons (Fsp3) is 0.333. The molecule has 0 spiro atoms. The molecule has 0 saturated carbocycles. The van der Waals surface area contributed by atoms with Crippen molar-refractivity contribution in [3.05, 3.63) is 35.9 Å². The fourth-order valence-corrected chi connectivity index (χ4v) is 1.53. The molecule has 4 heteroatoms. The van der Waals surface area contributed by atoms with Crippen LogP contribution in [0.5, 0.6) is 0 Å². The molecule has 0 aliphatic carbocycles. The zero-order valence-corrected chi connectivity index (χ0v) is 9.87. The maximum absolute atomic E-state index is 10.7. The average Bonchev–Trinajstić information content (AvgIpc) is 2.24. The molecule has 1 aromatic rings. The third kappa shape index (κ3) is 4.47. The molecule has 0 bridgehead atoms. The third-order valence-corrected chi connectivity index (χ3v) is 3.44. The lowest BCUT2D eigenvalue weighted by atomic mass is 10.2. The van der Waals surface area contributed by atoms with E-state index in [1.54, 1.807) is 0 Å². The summed E-state index contributed by atoms with van der Waals surface area (Å²) in [5.74, 6) is 5.80. The SMILES string of the molecule is CC(CCC#Cc1ccccc1)S(=O)(=O)O. The summed E-state index contributed by atoms with van der Waals surface area (Å²) in [6, 6.07) is 9.47. The third-order valence-electron chi connectivity index (χ3n) is 2.19. The largest absolute Gasteiger partial charge is 0.285 e. The highest BCUT2D eigenvalue weighted by molar-refractivity contribution is 7.86. The Morgan fingerprint density at radius 3 is 2.50 bits per heavy atom. The lowest BCUT2D eigenvalue weighted by Crippen LogP contribution is -2.15. The van der Waals surface area contributed by atoms with Crippen LogP contribution in [0.1, 0.15) is 25.3 Å². The normalized spacial score (nSPS) is 12.6. The van der Waals surface area contributed by atoms with Crippen molar-refractivity contribution in [3.8, 4) is 11.8 Å². The van der Waals surface area contributed by atoms with Crippen molar-refractivity contribution in [1.82, 2.24) is 0 Å². The molecule has 86 valence electrons. The Kier molecular flexibility index (Phi) is 4.53. The molecule has 1 atom stereocenters. The van der Waals surface area contributed by atoms with Gasteiger partial charge in [-0.15, -0.1) is 0 Å². The van der Waals surface area contributed by atoms with Crippen LogP contribution in [0.25, 0.3) is 0 Å². The van der Waals surface area contributed by atoms with E-state index in [0.29, 0.717) is 12.8 Å². The van der Waals surface area contributed by atoms with Crippen molar-refractivity contribution in [2.24, 2.45) is 0 Å². The molecule has 0 aliphatic rings. The molecule has 16 heavy (non-hydrogen) atoms. The zero-order valence-electron chi connectivity index (χ0n) is 9.05. The van der Waals surface area contributed by atoms with Crippen LogP contribution in [-0.2, 0) is 10.1 Å². The van der Waals surface area contributed by atoms with Gasteiger partial charge in [0.1, 0.15) is 0 Å². The first-order valence-electron chi connectivity index (χ1n) is 5.00. The quantitative estimate of drug-likeness (QED) is 0.648. The highest BCUT2D eigenvalue weighted by atomic mass is 32.2. The second-order valence-electron chi connectivity index (χ2n) is 3.53. The maximum Gasteiger partial charge on any atom is 0.267 e. The van der Waals surface area contributed by atoms with Gasteiger partial charge in [0.2, 0.25) is 0 Å². The first-order valence-corrected chi connectivity index (χ1v) is 6.50. The number of benzene rings is 1. The highest BCUT2D eigenvalue weighted by Gasteiger charge is 2.15. The molecule has 1 aromatic carbocycles. The molecule has 0 amide bonds. The van der Waals surface area contributed by atoms with Gasteiger partial charge < -0.3 is 0 Å². The van der Waals surface area contributed by atoms with Crippen molar-refractivity contribution in [3.63, 3.8) is 0 Å². The predicted octanol–water partition coefficient (Wildman–Crippen LogP) is 2.09. The van der Waals surface area contributed by atoms with Crippen molar-refractivity contribution >= 4 is 10.1 Å². The van der Waals surface area contributed by atoms with E-state index in [-0.39, 0.29) is 0 Å². The van der Waals surface area contributed by atoms with Crippen LogP contribution in [-0.4, -0.2) is 18.2 Å². The summed E-state index contributed by atoms with van der Waals surface area (Å²) in [7, 11) is -3.92. The molecule has 0 saturated heterocycles. The van der Waals surface area contributed by atoms with Gasteiger partial charge in [-0.05, 0) is 25.5 Å². The topological polar surface area (TPSA) is 54.4 Å². The molecule has 0 aliphatic heterocycles. The minimum absolute atomic E-state index is 0.346. The second kappa shape index (κ2) is 5.69. The second-order valence-corrected chi connectivity index (χ2v) is 5.37. The van der Waals surface area contributed by atoms with E-state index in [9.17, 15) is 8.42 Å². The van der Waals surface area contributed by atoms with Gasteiger partial charge in [0.25, 0.3) is 10.1 Å². The highest BCUT2D eigenvalue weighted by Crippen LogP contribution is 2.05. The van der Waals surface area contributed by atoms with E-state index in [1.807, 2.05) is 30.3 Å². The monoisotopic (exact) mass is 238 g/mol. The van der Waals surface area contributed by atoms with E-state index < -0.39 is 15.4 Å². The van der Waals surface area contributed by atoms with Gasteiger partial charge in [-0.25, -0.2) is 0 Å². The molecular weight excluding hydrogens is 224 g/mol. The van der Waals surface area contributed by atoms with Crippen LogP contribution < -0.4 is 0 Å². The summed E-state index contributed by atoms with van der Waals surface area (Å²) in [5, 5.41) is -0.752. The van der Waals surface area contributed by atoms with Gasteiger partial charge in [-0.3, -0.25) is 4.55 Å². The van der Waals surface area contributed by atoms with Gasteiger partial charge >= 0.3 is 0 Å². The number of rotatable bonds is 3. The standard InChI is InChI=1S/C12H14O3S/c1-11(16(13,14)15)7-5-6-10-12-8-3-2-4-9-12/h2-4,8-9,11H,5,7H2,1H3,(H,13,14,15). The Labute approximate surface area is 96.2 Å². The first kappa shape index (κ1) is 12.8. The van der Waals surface area contributed by atoms with Crippen molar-refractivity contribution < 1.29 is 13.0 Å². The van der Waals surface area contributed by atoms with E-state index in [4.69, 9.17) is 4.55 Å². The van der Waals surface area contributed by atoms with Crippen LogP contribution in [0.3, 0.4) is 0 Å². The molecule has 0 aromatic heterocycles. The summed E-state index contributed by atoms with van der Waals surface area (Å²) >= 11 is 0. The summed E-state index contributed by atoms with van der Waals surface area (Å²) in [5.41, 5.74) is 0.905. The van der Waals surface area contributed by atoms with Crippen molar-refractivity contribution in [2.45, 2.75) is 25.0 Å². The van der Waals surface area contributed by atoms with Gasteiger partial charge in [-0.1, -0.05) is 30.0 Å². The minimum atomic E-state index is -3.92. The Hall–Kier alpha value is -1.31. The Bertz CT molecular complexity index is 480. The van der Waals surface area contributed by atoms with Gasteiger partial charge in [0.05, 0.1) is 5.25 Å². The minimum Gasteiger partial charge on any atom is -0.285 e. The van der Waals surface area contributed by atoms with E-state index in [0.717, 1.165) is 5.56 Å². The summed E-state index contributed by atoms with van der Waals surface area (Å²) in [6.45, 7) is 1.47. The van der Waals surface area contributed by atoms with Crippen LogP contribution in [0.2, 0.25) is 0 Å². The van der Waals surface area contributed by atoms with Crippen molar-refractivity contribution in [1.29, 1.82) is 0 Å². The Morgan fingerprint density at radius 2 is 1.94 bits per heavy atom. The Morgan fingerprint density at radius 1 is 1.31 bits per heavy atom. The Balaban J connectivity index is 2.46. The van der Waals surface area contributed by atoms with E-state index >= 15 is 0 Å². The van der Waals surface area contributed by atoms with E-state index in [2.05, 4.69) is 11.8 Å². The molecular formula is C12H14O3S. The molecule has 1 unspecified atom stereocenters. The number of hydrogen-bond acceptors (Lipinski definition) is 2. The van der Waals surface area contributed by atoms with Crippen LogP contribution in [0.15, 0.2) is 30.3 Å². The van der Waals surface area contributed by atoms with Crippen LogP contribution in [0.4, 0.5) is 0 Å². The van der Waals surface area contributed by atoms with Gasteiger partial charge in [0, 0.05) is 12.0 Å². The van der Waals surface area contributed by atoms with Crippen molar-refractivity contribution in [2.75, 3.05) is 0 Å². The fourth-order valence-electron chi connectivity index (χ4n) is 1.11. The summed E-state index contributed by atoms with van der Waals surface area (Å²) < 4.78 is 30.1. The maximum atomic E-state index is 10.7. The molecule has 0 fully saturated rings. The molecule has 0 radical (unpaired) electrons. The number of hydrogen-bond donors (Lipinski definition) is 1. The summed E-state index contributed by atoms with van der Waals surface area (Å²) in [6.07, 6.45) is 0.800. The molecule has 1 N–H and O–H groups in total.